The van der Waals surface area contributed by atoms with Crippen LogP contribution in [-0.4, -0.2) is 5.75 Å². The molecule has 0 fully saturated rings. The first-order valence-electron chi connectivity index (χ1n) is 6.43. The number of hydrogen-bond donors (Lipinski definition) is 1. The number of rotatable bonds is 2. The van der Waals surface area contributed by atoms with E-state index in [1.165, 1.54) is 16.7 Å². The van der Waals surface area contributed by atoms with Crippen molar-refractivity contribution in [2.75, 3.05) is 11.1 Å². The van der Waals surface area contributed by atoms with Gasteiger partial charge in [-0.2, -0.15) is 11.8 Å². The smallest absolute Gasteiger partial charge is 0.0640 e. The van der Waals surface area contributed by atoms with Gasteiger partial charge in [-0.25, -0.2) is 0 Å². The maximum atomic E-state index is 6.31. The Morgan fingerprint density at radius 2 is 2.00 bits per heavy atom. The van der Waals surface area contributed by atoms with E-state index in [1.54, 1.807) is 0 Å². The molecule has 1 nitrogen and oxygen atoms in total. The highest BCUT2D eigenvalue weighted by molar-refractivity contribution is 7.98. The van der Waals surface area contributed by atoms with Crippen molar-refractivity contribution in [1.29, 1.82) is 0 Å². The Bertz CT molecular complexity index is 577. The van der Waals surface area contributed by atoms with Crippen LogP contribution in [0.15, 0.2) is 42.5 Å². The summed E-state index contributed by atoms with van der Waals surface area (Å²) in [5.41, 5.74) is 5.09. The van der Waals surface area contributed by atoms with Crippen molar-refractivity contribution in [2.45, 2.75) is 18.7 Å². The molecule has 0 saturated carbocycles. The van der Waals surface area contributed by atoms with Crippen molar-refractivity contribution >= 4 is 29.1 Å². The molecule has 2 aromatic rings. The molecule has 0 saturated heterocycles. The number of thioether (sulfide) groups is 1. The first-order valence-corrected chi connectivity index (χ1v) is 7.96. The number of anilines is 1. The second-order valence-electron chi connectivity index (χ2n) is 4.84. The monoisotopic (exact) mass is 289 g/mol. The van der Waals surface area contributed by atoms with Gasteiger partial charge in [0.2, 0.25) is 0 Å². The molecule has 2 aromatic carbocycles. The fraction of sp³-hybridized carbons (Fsp3) is 0.250. The van der Waals surface area contributed by atoms with Crippen molar-refractivity contribution in [2.24, 2.45) is 0 Å². The quantitative estimate of drug-likeness (QED) is 0.830. The van der Waals surface area contributed by atoms with Gasteiger partial charge >= 0.3 is 0 Å². The second-order valence-corrected chi connectivity index (χ2v) is 6.28. The van der Waals surface area contributed by atoms with E-state index in [0.717, 1.165) is 22.2 Å². The second kappa shape index (κ2) is 5.48. The standard InChI is InChI=1S/C16H16ClNS/c1-11-5-4-8-14(17)16(11)18-15-10-19-9-12-6-2-3-7-13(12)15/h2-8,15,18H,9-10H2,1H3. The Morgan fingerprint density at radius 3 is 2.84 bits per heavy atom. The predicted molar refractivity (Wildman–Crippen MR) is 85.2 cm³/mol. The average molecular weight is 290 g/mol. The van der Waals surface area contributed by atoms with E-state index in [-0.39, 0.29) is 0 Å². The van der Waals surface area contributed by atoms with Crippen LogP contribution in [-0.2, 0) is 5.75 Å². The maximum Gasteiger partial charge on any atom is 0.0640 e. The summed E-state index contributed by atoms with van der Waals surface area (Å²) in [7, 11) is 0. The first kappa shape index (κ1) is 12.9. The molecule has 98 valence electrons. The highest BCUT2D eigenvalue weighted by Gasteiger charge is 2.21. The minimum absolute atomic E-state index is 0.341. The van der Waals surface area contributed by atoms with E-state index in [1.807, 2.05) is 23.9 Å². The normalized spacial score (nSPS) is 17.9. The number of halogens is 1. The topological polar surface area (TPSA) is 12.0 Å². The van der Waals surface area contributed by atoms with E-state index in [0.29, 0.717) is 6.04 Å². The van der Waals surface area contributed by atoms with Crippen LogP contribution >= 0.6 is 23.4 Å². The summed E-state index contributed by atoms with van der Waals surface area (Å²) in [6, 6.07) is 15.0. The molecule has 3 heteroatoms. The number of para-hydroxylation sites is 1. The molecule has 1 aliphatic rings. The van der Waals surface area contributed by atoms with Crippen molar-refractivity contribution in [3.63, 3.8) is 0 Å². The summed E-state index contributed by atoms with van der Waals surface area (Å²) in [6.45, 7) is 2.09. The molecule has 0 amide bonds. The molecular weight excluding hydrogens is 274 g/mol. The average Bonchev–Trinajstić information content (AvgIpc) is 2.43. The molecule has 0 aliphatic carbocycles. The number of hydrogen-bond acceptors (Lipinski definition) is 2. The van der Waals surface area contributed by atoms with Gasteiger partial charge in [0.15, 0.2) is 0 Å². The molecular formula is C16H16ClNS. The van der Waals surface area contributed by atoms with Gasteiger partial charge in [-0.3, -0.25) is 0 Å². The lowest BCUT2D eigenvalue weighted by molar-refractivity contribution is 0.869. The summed E-state index contributed by atoms with van der Waals surface area (Å²) in [4.78, 5) is 0. The molecule has 0 radical (unpaired) electrons. The molecule has 1 heterocycles. The van der Waals surface area contributed by atoms with E-state index in [9.17, 15) is 0 Å². The third-order valence-electron chi connectivity index (χ3n) is 3.51. The number of benzene rings is 2. The lowest BCUT2D eigenvalue weighted by Crippen LogP contribution is -2.19. The van der Waals surface area contributed by atoms with Crippen LogP contribution in [0.3, 0.4) is 0 Å². The van der Waals surface area contributed by atoms with E-state index < -0.39 is 0 Å². The highest BCUT2D eigenvalue weighted by atomic mass is 35.5. The largest absolute Gasteiger partial charge is 0.376 e. The molecule has 1 N–H and O–H groups in total. The van der Waals surface area contributed by atoms with Gasteiger partial charge in [-0.1, -0.05) is 48.0 Å². The van der Waals surface area contributed by atoms with Crippen LogP contribution in [0.25, 0.3) is 0 Å². The fourth-order valence-electron chi connectivity index (χ4n) is 2.49. The van der Waals surface area contributed by atoms with Gasteiger partial charge in [-0.15, -0.1) is 0 Å². The number of aryl methyl sites for hydroxylation is 1. The third kappa shape index (κ3) is 2.60. The molecule has 3 rings (SSSR count). The summed E-state index contributed by atoms with van der Waals surface area (Å²) in [6.07, 6.45) is 0. The molecule has 1 unspecified atom stereocenters. The van der Waals surface area contributed by atoms with Gasteiger partial charge in [0.25, 0.3) is 0 Å². The zero-order valence-electron chi connectivity index (χ0n) is 10.8. The number of nitrogens with one attached hydrogen (secondary N) is 1. The summed E-state index contributed by atoms with van der Waals surface area (Å²) in [5.74, 6) is 2.19. The van der Waals surface area contributed by atoms with Gasteiger partial charge in [-0.05, 0) is 29.7 Å². The van der Waals surface area contributed by atoms with Gasteiger partial charge in [0, 0.05) is 11.5 Å². The van der Waals surface area contributed by atoms with Crippen LogP contribution < -0.4 is 5.32 Å². The van der Waals surface area contributed by atoms with Crippen LogP contribution in [0, 0.1) is 6.92 Å². The Morgan fingerprint density at radius 1 is 1.16 bits per heavy atom. The first-order chi connectivity index (χ1) is 9.25. The Balaban J connectivity index is 1.93. The zero-order valence-corrected chi connectivity index (χ0v) is 12.4. The molecule has 0 bridgehead atoms. The van der Waals surface area contributed by atoms with Crippen LogP contribution in [0.1, 0.15) is 22.7 Å². The third-order valence-corrected chi connectivity index (χ3v) is 4.91. The van der Waals surface area contributed by atoms with Gasteiger partial charge < -0.3 is 5.32 Å². The van der Waals surface area contributed by atoms with Crippen molar-refractivity contribution in [3.8, 4) is 0 Å². The molecule has 0 aromatic heterocycles. The molecule has 0 spiro atoms. The van der Waals surface area contributed by atoms with Crippen molar-refractivity contribution < 1.29 is 0 Å². The van der Waals surface area contributed by atoms with E-state index in [2.05, 4.69) is 42.6 Å². The SMILES string of the molecule is Cc1cccc(Cl)c1NC1CSCc2ccccc21. The van der Waals surface area contributed by atoms with Crippen molar-refractivity contribution in [1.82, 2.24) is 0 Å². The summed E-state index contributed by atoms with van der Waals surface area (Å²) >= 11 is 8.28. The molecule has 1 atom stereocenters. The van der Waals surface area contributed by atoms with Crippen LogP contribution in [0.5, 0.6) is 0 Å². The summed E-state index contributed by atoms with van der Waals surface area (Å²) < 4.78 is 0. The Hall–Kier alpha value is -1.12. The lowest BCUT2D eigenvalue weighted by Gasteiger charge is -2.28. The highest BCUT2D eigenvalue weighted by Crippen LogP contribution is 2.36. The van der Waals surface area contributed by atoms with E-state index >= 15 is 0 Å². The molecule has 19 heavy (non-hydrogen) atoms. The van der Waals surface area contributed by atoms with Crippen molar-refractivity contribution in [3.05, 3.63) is 64.2 Å². The maximum absolute atomic E-state index is 6.31. The predicted octanol–water partition coefficient (Wildman–Crippen LogP) is 5.05. The fourth-order valence-corrected chi connectivity index (χ4v) is 3.87. The van der Waals surface area contributed by atoms with Gasteiger partial charge in [0.05, 0.1) is 16.8 Å². The minimum atomic E-state index is 0.341. The Labute approximate surface area is 123 Å². The van der Waals surface area contributed by atoms with Crippen LogP contribution in [0.2, 0.25) is 5.02 Å². The number of fused-ring (bicyclic) bond motifs is 1. The van der Waals surface area contributed by atoms with E-state index in [4.69, 9.17) is 11.6 Å². The Kier molecular flexibility index (Phi) is 3.72. The minimum Gasteiger partial charge on any atom is -0.376 e. The van der Waals surface area contributed by atoms with Crippen LogP contribution in [0.4, 0.5) is 5.69 Å². The lowest BCUT2D eigenvalue weighted by atomic mass is 10.0. The summed E-state index contributed by atoms with van der Waals surface area (Å²) in [5, 5.41) is 4.42. The zero-order chi connectivity index (χ0) is 13.2. The molecule has 1 aliphatic heterocycles. The van der Waals surface area contributed by atoms with Gasteiger partial charge in [0.1, 0.15) is 0 Å².